The molecule has 1 saturated carbocycles. The number of hydrogen-bond acceptors (Lipinski definition) is 4. The van der Waals surface area contributed by atoms with Crippen molar-refractivity contribution in [2.24, 2.45) is 5.92 Å². The molecule has 3 N–H and O–H groups in total. The smallest absolute Gasteiger partial charge is 0.245 e. The number of nitrogens with one attached hydrogen (secondary N) is 3. The second kappa shape index (κ2) is 13.4. The first kappa shape index (κ1) is 29.6. The molecule has 8 heteroatoms. The number of halogens is 1. The van der Waals surface area contributed by atoms with Crippen LogP contribution in [-0.4, -0.2) is 53.8 Å². The van der Waals surface area contributed by atoms with Crippen LogP contribution in [0.15, 0.2) is 48.5 Å². The number of piperidine rings is 1. The summed E-state index contributed by atoms with van der Waals surface area (Å²) in [4.78, 5) is 41.5. The summed E-state index contributed by atoms with van der Waals surface area (Å²) in [5, 5.41) is 10.5. The lowest BCUT2D eigenvalue weighted by Gasteiger charge is -2.48. The summed E-state index contributed by atoms with van der Waals surface area (Å²) in [5.41, 5.74) is 3.12. The van der Waals surface area contributed by atoms with Crippen molar-refractivity contribution >= 4 is 29.3 Å². The number of fused-ring (bicyclic) bond motifs is 1. The first-order valence-corrected chi connectivity index (χ1v) is 15.6. The van der Waals surface area contributed by atoms with Crippen LogP contribution in [0.5, 0.6) is 0 Å². The molecule has 2 aromatic carbocycles. The van der Waals surface area contributed by atoms with E-state index in [4.69, 9.17) is 11.6 Å². The Morgan fingerprint density at radius 1 is 1.02 bits per heavy atom. The van der Waals surface area contributed by atoms with Gasteiger partial charge in [-0.15, -0.1) is 0 Å². The van der Waals surface area contributed by atoms with Gasteiger partial charge in [0.15, 0.2) is 0 Å². The van der Waals surface area contributed by atoms with Crippen LogP contribution in [0, 0.1) is 5.92 Å². The molecule has 220 valence electrons. The SMILES string of the molecule is CC(=O)NC1(C2CCCCC2)CCN(C(=O)[C@@H](Cc2ccc(Cl)cc2)NC(=O)CC2NCCc3ccccc32)CC1. The fraction of sp³-hybridized carbons (Fsp3) is 0.545. The predicted octanol–water partition coefficient (Wildman–Crippen LogP) is 4.72. The maximum atomic E-state index is 14.0. The Kier molecular flexibility index (Phi) is 9.66. The molecule has 0 bridgehead atoms. The molecule has 2 heterocycles. The summed E-state index contributed by atoms with van der Waals surface area (Å²) in [6.45, 7) is 3.56. The molecule has 7 nitrogen and oxygen atoms in total. The molecular formula is C33H43ClN4O3. The van der Waals surface area contributed by atoms with Crippen molar-refractivity contribution < 1.29 is 14.4 Å². The van der Waals surface area contributed by atoms with E-state index in [1.54, 1.807) is 6.92 Å². The number of carbonyl (C=O) groups excluding carboxylic acids is 3. The summed E-state index contributed by atoms with van der Waals surface area (Å²) in [7, 11) is 0. The zero-order chi connectivity index (χ0) is 28.8. The third kappa shape index (κ3) is 7.31. The van der Waals surface area contributed by atoms with Crippen LogP contribution in [-0.2, 0) is 27.2 Å². The third-order valence-electron chi connectivity index (χ3n) is 9.37. The molecule has 3 aliphatic rings. The molecule has 5 rings (SSSR count). The van der Waals surface area contributed by atoms with Crippen molar-refractivity contribution in [3.8, 4) is 0 Å². The van der Waals surface area contributed by atoms with E-state index in [0.29, 0.717) is 30.5 Å². The van der Waals surface area contributed by atoms with Crippen LogP contribution in [0.25, 0.3) is 0 Å². The molecule has 41 heavy (non-hydrogen) atoms. The van der Waals surface area contributed by atoms with Crippen LogP contribution < -0.4 is 16.0 Å². The minimum Gasteiger partial charge on any atom is -0.350 e. The number of carbonyl (C=O) groups is 3. The molecule has 2 fully saturated rings. The fourth-order valence-electron chi connectivity index (χ4n) is 7.26. The van der Waals surface area contributed by atoms with E-state index in [1.807, 2.05) is 41.3 Å². The Balaban J connectivity index is 1.29. The molecule has 1 saturated heterocycles. The molecule has 3 amide bonds. The third-order valence-corrected chi connectivity index (χ3v) is 9.62. The molecule has 0 aromatic heterocycles. The molecule has 0 spiro atoms. The van der Waals surface area contributed by atoms with Gasteiger partial charge in [-0.05, 0) is 73.4 Å². The lowest BCUT2D eigenvalue weighted by atomic mass is 9.69. The Morgan fingerprint density at radius 2 is 1.73 bits per heavy atom. The fourth-order valence-corrected chi connectivity index (χ4v) is 7.38. The summed E-state index contributed by atoms with van der Waals surface area (Å²) in [6.07, 6.45) is 9.01. The van der Waals surface area contributed by atoms with Gasteiger partial charge in [0.05, 0.1) is 0 Å². The molecule has 2 aromatic rings. The van der Waals surface area contributed by atoms with E-state index in [2.05, 4.69) is 28.1 Å². The highest BCUT2D eigenvalue weighted by Gasteiger charge is 2.44. The molecule has 0 radical (unpaired) electrons. The predicted molar refractivity (Wildman–Crippen MR) is 162 cm³/mol. The minimum atomic E-state index is -0.676. The van der Waals surface area contributed by atoms with Gasteiger partial charge < -0.3 is 20.9 Å². The summed E-state index contributed by atoms with van der Waals surface area (Å²) in [6, 6.07) is 15.0. The van der Waals surface area contributed by atoms with Gasteiger partial charge in [0.2, 0.25) is 17.7 Å². The van der Waals surface area contributed by atoms with E-state index in [1.165, 1.54) is 24.8 Å². The van der Waals surface area contributed by atoms with Gasteiger partial charge in [0.25, 0.3) is 0 Å². The number of benzene rings is 2. The van der Waals surface area contributed by atoms with Gasteiger partial charge in [0, 0.05) is 49.5 Å². The average molecular weight is 579 g/mol. The van der Waals surface area contributed by atoms with Crippen molar-refractivity contribution in [2.45, 2.75) is 88.8 Å². The lowest BCUT2D eigenvalue weighted by Crippen LogP contribution is -2.61. The van der Waals surface area contributed by atoms with Crippen LogP contribution in [0.1, 0.15) is 81.0 Å². The monoisotopic (exact) mass is 578 g/mol. The number of nitrogens with zero attached hydrogens (tertiary/aromatic N) is 1. The average Bonchev–Trinajstić information content (AvgIpc) is 2.98. The highest BCUT2D eigenvalue weighted by molar-refractivity contribution is 6.30. The Hall–Kier alpha value is -2.90. The van der Waals surface area contributed by atoms with Gasteiger partial charge in [-0.2, -0.15) is 0 Å². The molecule has 1 aliphatic carbocycles. The second-order valence-corrected chi connectivity index (χ2v) is 12.5. The number of rotatable bonds is 8. The largest absolute Gasteiger partial charge is 0.350 e. The summed E-state index contributed by atoms with van der Waals surface area (Å²) < 4.78 is 0. The van der Waals surface area contributed by atoms with Crippen LogP contribution in [0.4, 0.5) is 0 Å². The standard InChI is InChI=1S/C33H43ClN4O3/c1-23(39)37-33(26-8-3-2-4-9-26)16-19-38(20-17-33)32(41)30(21-24-11-13-27(34)14-12-24)36-31(40)22-29-28-10-6-5-7-25(28)15-18-35-29/h5-7,10-14,26,29-30,35H,2-4,8-9,15-22H2,1H3,(H,36,40)(H,37,39)/t29?,30-/m1/s1. The van der Waals surface area contributed by atoms with Crippen molar-refractivity contribution in [2.75, 3.05) is 19.6 Å². The van der Waals surface area contributed by atoms with E-state index >= 15 is 0 Å². The first-order chi connectivity index (χ1) is 19.8. The topological polar surface area (TPSA) is 90.5 Å². The quantitative estimate of drug-likeness (QED) is 0.423. The van der Waals surface area contributed by atoms with E-state index in [9.17, 15) is 14.4 Å². The van der Waals surface area contributed by atoms with Crippen LogP contribution in [0.2, 0.25) is 5.02 Å². The van der Waals surface area contributed by atoms with E-state index < -0.39 is 6.04 Å². The zero-order valence-electron chi connectivity index (χ0n) is 24.1. The van der Waals surface area contributed by atoms with Gasteiger partial charge in [-0.1, -0.05) is 67.3 Å². The number of hydrogen-bond donors (Lipinski definition) is 3. The van der Waals surface area contributed by atoms with Crippen molar-refractivity contribution in [1.29, 1.82) is 0 Å². The number of likely N-dealkylation sites (tertiary alicyclic amines) is 1. The maximum absolute atomic E-state index is 14.0. The molecule has 2 atom stereocenters. The Bertz CT molecular complexity index is 1220. The second-order valence-electron chi connectivity index (χ2n) is 12.1. The van der Waals surface area contributed by atoms with Gasteiger partial charge in [-0.3, -0.25) is 14.4 Å². The lowest BCUT2D eigenvalue weighted by molar-refractivity contribution is -0.139. The zero-order valence-corrected chi connectivity index (χ0v) is 24.8. The molecular weight excluding hydrogens is 536 g/mol. The van der Waals surface area contributed by atoms with Gasteiger partial charge in [-0.25, -0.2) is 0 Å². The highest BCUT2D eigenvalue weighted by Crippen LogP contribution is 2.39. The van der Waals surface area contributed by atoms with Gasteiger partial charge in [0.1, 0.15) is 6.04 Å². The molecule has 1 unspecified atom stereocenters. The molecule has 2 aliphatic heterocycles. The van der Waals surface area contributed by atoms with E-state index in [-0.39, 0.29) is 35.7 Å². The highest BCUT2D eigenvalue weighted by atomic mass is 35.5. The van der Waals surface area contributed by atoms with Crippen molar-refractivity contribution in [1.82, 2.24) is 20.9 Å². The maximum Gasteiger partial charge on any atom is 0.245 e. The van der Waals surface area contributed by atoms with E-state index in [0.717, 1.165) is 49.8 Å². The van der Waals surface area contributed by atoms with Crippen LogP contribution in [0.3, 0.4) is 0 Å². The van der Waals surface area contributed by atoms with Gasteiger partial charge >= 0.3 is 0 Å². The summed E-state index contributed by atoms with van der Waals surface area (Å²) >= 11 is 6.11. The minimum absolute atomic E-state index is 0.00104. The normalized spacial score (nSPS) is 21.4. The van der Waals surface area contributed by atoms with Crippen LogP contribution >= 0.6 is 11.6 Å². The first-order valence-electron chi connectivity index (χ1n) is 15.3. The Labute approximate surface area is 248 Å². The van der Waals surface area contributed by atoms with Crippen molar-refractivity contribution in [3.63, 3.8) is 0 Å². The van der Waals surface area contributed by atoms with Crippen molar-refractivity contribution in [3.05, 3.63) is 70.2 Å². The summed E-state index contributed by atoms with van der Waals surface area (Å²) in [5.74, 6) is 0.248. The Morgan fingerprint density at radius 3 is 2.44 bits per heavy atom. The number of amides is 3.